The van der Waals surface area contributed by atoms with Crippen LogP contribution in [-0.2, 0) is 14.3 Å². The third-order valence-corrected chi connectivity index (χ3v) is 6.21. The Bertz CT molecular complexity index is 951. The number of benzene rings is 1. The lowest BCUT2D eigenvalue weighted by atomic mass is 10.3. The number of carbonyl (C=O) groups excluding carboxylic acids is 3. The van der Waals surface area contributed by atoms with Gasteiger partial charge in [-0.15, -0.1) is 22.7 Å². The van der Waals surface area contributed by atoms with E-state index in [1.165, 1.54) is 27.6 Å². The number of amides is 2. The van der Waals surface area contributed by atoms with E-state index in [1.54, 1.807) is 24.6 Å². The smallest absolute Gasteiger partial charge is 0.325 e. The number of nitrogens with one attached hydrogen (secondary N) is 1. The van der Waals surface area contributed by atoms with Gasteiger partial charge in [0.25, 0.3) is 11.8 Å². The molecule has 3 aromatic rings. The summed E-state index contributed by atoms with van der Waals surface area (Å²) in [7, 11) is 1.64. The molecule has 0 aliphatic heterocycles. The van der Waals surface area contributed by atoms with Crippen LogP contribution in [-0.4, -0.2) is 47.9 Å². The summed E-state index contributed by atoms with van der Waals surface area (Å²) in [5.41, 5.74) is 0.892. The van der Waals surface area contributed by atoms with Gasteiger partial charge < -0.3 is 15.0 Å². The van der Waals surface area contributed by atoms with Crippen LogP contribution in [0.15, 0.2) is 41.8 Å². The second-order valence-electron chi connectivity index (χ2n) is 6.02. The van der Waals surface area contributed by atoms with E-state index in [2.05, 4.69) is 10.3 Å². The van der Waals surface area contributed by atoms with Crippen molar-refractivity contribution in [3.63, 3.8) is 0 Å². The predicted molar refractivity (Wildman–Crippen MR) is 108 cm³/mol. The summed E-state index contributed by atoms with van der Waals surface area (Å²) in [6, 6.07) is 10.9. The molecular formula is C19H19N3O4S2. The van der Waals surface area contributed by atoms with E-state index in [-0.39, 0.29) is 31.0 Å². The second-order valence-corrected chi connectivity index (χ2v) is 8.03. The molecule has 0 aliphatic rings. The van der Waals surface area contributed by atoms with Crippen molar-refractivity contribution in [1.29, 1.82) is 0 Å². The number of ether oxygens (including phenoxy) is 1. The quantitative estimate of drug-likeness (QED) is 0.597. The molecule has 1 N–H and O–H groups in total. The molecule has 0 aliphatic carbocycles. The molecule has 9 heteroatoms. The zero-order chi connectivity index (χ0) is 20.1. The van der Waals surface area contributed by atoms with Crippen molar-refractivity contribution in [2.75, 3.05) is 20.2 Å². The minimum Gasteiger partial charge on any atom is -0.454 e. The Balaban J connectivity index is 1.48. The summed E-state index contributed by atoms with van der Waals surface area (Å²) < 4.78 is 6.03. The fraction of sp³-hybridized carbons (Fsp3) is 0.263. The van der Waals surface area contributed by atoms with Crippen LogP contribution in [0.4, 0.5) is 0 Å². The van der Waals surface area contributed by atoms with Crippen LogP contribution in [0.3, 0.4) is 0 Å². The molecule has 0 radical (unpaired) electrons. The van der Waals surface area contributed by atoms with Crippen LogP contribution < -0.4 is 5.32 Å². The third-order valence-electron chi connectivity index (χ3n) is 4.14. The summed E-state index contributed by atoms with van der Waals surface area (Å²) in [6.07, 6.45) is 0. The summed E-state index contributed by atoms with van der Waals surface area (Å²) in [5, 5.41) is 5.05. The average Bonchev–Trinajstić information content (AvgIpc) is 3.38. The lowest BCUT2D eigenvalue weighted by molar-refractivity contribution is -0.151. The second kappa shape index (κ2) is 8.94. The van der Waals surface area contributed by atoms with E-state index in [0.717, 1.165) is 15.2 Å². The molecule has 0 bridgehead atoms. The third kappa shape index (κ3) is 4.73. The maximum absolute atomic E-state index is 12.3. The summed E-state index contributed by atoms with van der Waals surface area (Å²) in [5.74, 6) is -1.36. The Labute approximate surface area is 169 Å². The number of nitrogens with zero attached hydrogens (tertiary/aromatic N) is 2. The number of carbonyl (C=O) groups is 3. The first kappa shape index (κ1) is 20.0. The largest absolute Gasteiger partial charge is 0.454 e. The van der Waals surface area contributed by atoms with Crippen LogP contribution in [0, 0.1) is 0 Å². The van der Waals surface area contributed by atoms with Crippen LogP contribution in [0.2, 0.25) is 0 Å². The van der Waals surface area contributed by atoms with Crippen molar-refractivity contribution in [3.8, 4) is 0 Å². The van der Waals surface area contributed by atoms with Gasteiger partial charge in [0, 0.05) is 7.05 Å². The summed E-state index contributed by atoms with van der Waals surface area (Å²) in [6.45, 7) is 1.19. The molecule has 1 aromatic carbocycles. The molecule has 2 heterocycles. The van der Waals surface area contributed by atoms with Gasteiger partial charge >= 0.3 is 5.97 Å². The number of hydrogen-bond donors (Lipinski definition) is 1. The highest BCUT2D eigenvalue weighted by molar-refractivity contribution is 7.18. The highest BCUT2D eigenvalue weighted by Crippen LogP contribution is 2.28. The fourth-order valence-corrected chi connectivity index (χ4v) is 4.10. The Kier molecular flexibility index (Phi) is 6.37. The number of thiazole rings is 1. The van der Waals surface area contributed by atoms with Gasteiger partial charge in [-0.05, 0) is 30.5 Å². The molecule has 0 fully saturated rings. The number of thiophene rings is 1. The van der Waals surface area contributed by atoms with Gasteiger partial charge in [-0.3, -0.25) is 14.4 Å². The molecule has 1 atom stereocenters. The molecule has 146 valence electrons. The first-order chi connectivity index (χ1) is 13.5. The van der Waals surface area contributed by atoms with Crippen molar-refractivity contribution < 1.29 is 19.1 Å². The van der Waals surface area contributed by atoms with Crippen molar-refractivity contribution in [2.45, 2.75) is 13.0 Å². The normalized spacial score (nSPS) is 11.8. The van der Waals surface area contributed by atoms with Gasteiger partial charge in [0.2, 0.25) is 0 Å². The number of hydrogen-bond acceptors (Lipinski definition) is 7. The number of para-hydroxylation sites is 1. The van der Waals surface area contributed by atoms with Gasteiger partial charge in [0.05, 0.1) is 21.1 Å². The van der Waals surface area contributed by atoms with Crippen molar-refractivity contribution in [3.05, 3.63) is 51.7 Å². The zero-order valence-corrected chi connectivity index (χ0v) is 17.0. The van der Waals surface area contributed by atoms with E-state index in [9.17, 15) is 14.4 Å². The minimum absolute atomic E-state index is 0.248. The number of rotatable bonds is 7. The van der Waals surface area contributed by atoms with Crippen LogP contribution in [0.5, 0.6) is 0 Å². The van der Waals surface area contributed by atoms with Gasteiger partial charge in [-0.1, -0.05) is 18.2 Å². The van der Waals surface area contributed by atoms with Crippen molar-refractivity contribution >= 4 is 50.7 Å². The molecule has 0 spiro atoms. The highest BCUT2D eigenvalue weighted by Gasteiger charge is 2.22. The zero-order valence-electron chi connectivity index (χ0n) is 15.4. The number of likely N-dealkylation sites (N-methyl/N-ethyl adjacent to an activating group) is 1. The Morgan fingerprint density at radius 3 is 2.71 bits per heavy atom. The first-order valence-electron chi connectivity index (χ1n) is 8.54. The monoisotopic (exact) mass is 417 g/mol. The molecule has 0 saturated heterocycles. The van der Waals surface area contributed by atoms with E-state index < -0.39 is 5.97 Å². The molecular weight excluding hydrogens is 398 g/mol. The lowest BCUT2D eigenvalue weighted by Crippen LogP contribution is -2.35. The predicted octanol–water partition coefficient (Wildman–Crippen LogP) is 2.85. The first-order valence-corrected chi connectivity index (χ1v) is 10.2. The molecule has 3 rings (SSSR count). The Morgan fingerprint density at radius 1 is 1.21 bits per heavy atom. The molecule has 7 nitrogen and oxygen atoms in total. The van der Waals surface area contributed by atoms with Gasteiger partial charge in [-0.2, -0.15) is 0 Å². The van der Waals surface area contributed by atoms with Gasteiger partial charge in [0.1, 0.15) is 11.6 Å². The summed E-state index contributed by atoms with van der Waals surface area (Å²) >= 11 is 2.80. The Hall–Kier alpha value is -2.78. The topological polar surface area (TPSA) is 88.6 Å². The standard InChI is InChI=1S/C19H19N3O4S2/c1-12(19-21-13-6-3-4-7-14(13)28-19)22(2)16(23)11-26-17(24)10-20-18(25)15-8-5-9-27-15/h3-9,12H,10-11H2,1-2H3,(H,20,25)/t12-/m1/s1. The molecule has 0 saturated carbocycles. The SMILES string of the molecule is C[C@H](c1nc2ccccc2s1)N(C)C(=O)COC(=O)CNC(=O)c1cccs1. The number of esters is 1. The van der Waals surface area contributed by atoms with E-state index in [0.29, 0.717) is 4.88 Å². The molecule has 2 aromatic heterocycles. The summed E-state index contributed by atoms with van der Waals surface area (Å²) in [4.78, 5) is 42.5. The van der Waals surface area contributed by atoms with Gasteiger partial charge in [0.15, 0.2) is 6.61 Å². The van der Waals surface area contributed by atoms with Crippen LogP contribution in [0.25, 0.3) is 10.2 Å². The lowest BCUT2D eigenvalue weighted by Gasteiger charge is -2.23. The Morgan fingerprint density at radius 2 is 2.00 bits per heavy atom. The van der Waals surface area contributed by atoms with Gasteiger partial charge in [-0.25, -0.2) is 4.98 Å². The van der Waals surface area contributed by atoms with Crippen molar-refractivity contribution in [1.82, 2.24) is 15.2 Å². The van der Waals surface area contributed by atoms with E-state index in [1.807, 2.05) is 31.2 Å². The maximum Gasteiger partial charge on any atom is 0.325 e. The molecule has 2 amide bonds. The van der Waals surface area contributed by atoms with Crippen molar-refractivity contribution in [2.24, 2.45) is 0 Å². The van der Waals surface area contributed by atoms with Crippen LogP contribution >= 0.6 is 22.7 Å². The molecule has 0 unspecified atom stereocenters. The maximum atomic E-state index is 12.3. The van der Waals surface area contributed by atoms with E-state index in [4.69, 9.17) is 4.74 Å². The van der Waals surface area contributed by atoms with E-state index >= 15 is 0 Å². The van der Waals surface area contributed by atoms with Crippen LogP contribution in [0.1, 0.15) is 27.6 Å². The highest BCUT2D eigenvalue weighted by atomic mass is 32.1. The molecule has 28 heavy (non-hydrogen) atoms. The average molecular weight is 418 g/mol. The number of aromatic nitrogens is 1. The fourth-order valence-electron chi connectivity index (χ4n) is 2.39. The number of fused-ring (bicyclic) bond motifs is 1. The minimum atomic E-state index is -0.667.